The minimum atomic E-state index is -0.192. The molecule has 0 amide bonds. The number of hydrogen-bond donors (Lipinski definition) is 1. The predicted octanol–water partition coefficient (Wildman–Crippen LogP) is 2.40. The van der Waals surface area contributed by atoms with E-state index in [1.165, 1.54) is 0 Å². The van der Waals surface area contributed by atoms with Crippen LogP contribution in [0, 0.1) is 0 Å². The van der Waals surface area contributed by atoms with Gasteiger partial charge in [0.2, 0.25) is 5.89 Å². The summed E-state index contributed by atoms with van der Waals surface area (Å²) in [4.78, 5) is 4.12. The Bertz CT molecular complexity index is 552. The average Bonchev–Trinajstić information content (AvgIpc) is 2.78. The first kappa shape index (κ1) is 12.3. The Labute approximate surface area is 106 Å². The van der Waals surface area contributed by atoms with E-state index in [9.17, 15) is 0 Å². The Balaban J connectivity index is 2.26. The maximum absolute atomic E-state index is 5.87. The zero-order valence-corrected chi connectivity index (χ0v) is 10.7. The first-order valence-corrected chi connectivity index (χ1v) is 5.70. The monoisotopic (exact) mass is 244 g/mol. The largest absolute Gasteiger partial charge is 0.406 e. The topological polar surface area (TPSA) is 77.3 Å². The zero-order valence-electron chi connectivity index (χ0n) is 10.7. The molecule has 0 spiro atoms. The van der Waals surface area contributed by atoms with Crippen LogP contribution in [0.3, 0.4) is 0 Å². The van der Waals surface area contributed by atoms with E-state index < -0.39 is 0 Å². The van der Waals surface area contributed by atoms with Crippen LogP contribution in [0.25, 0.3) is 0 Å². The molecule has 0 aliphatic rings. The van der Waals surface area contributed by atoms with Gasteiger partial charge in [-0.15, -0.1) is 5.10 Å². The van der Waals surface area contributed by atoms with Crippen molar-refractivity contribution in [2.45, 2.75) is 26.2 Å². The van der Waals surface area contributed by atoms with Crippen LogP contribution in [0.1, 0.15) is 32.2 Å². The van der Waals surface area contributed by atoms with Crippen molar-refractivity contribution in [2.75, 3.05) is 0 Å². The highest BCUT2D eigenvalue weighted by Crippen LogP contribution is 2.23. The molecule has 2 rings (SSSR count). The molecule has 0 saturated carbocycles. The normalized spacial score (nSPS) is 12.7. The molecule has 0 fully saturated rings. The predicted molar refractivity (Wildman–Crippen MR) is 69.8 cm³/mol. The van der Waals surface area contributed by atoms with Crippen molar-refractivity contribution in [3.63, 3.8) is 0 Å². The Kier molecular flexibility index (Phi) is 3.14. The van der Waals surface area contributed by atoms with Gasteiger partial charge in [-0.2, -0.15) is 4.99 Å². The lowest BCUT2D eigenvalue weighted by Gasteiger charge is -2.10. The molecule has 1 aromatic carbocycles. The molecule has 94 valence electrons. The summed E-state index contributed by atoms with van der Waals surface area (Å²) in [5.74, 6) is 0.904. The summed E-state index contributed by atoms with van der Waals surface area (Å²) < 4.78 is 5.45. The third kappa shape index (κ3) is 2.74. The van der Waals surface area contributed by atoms with Gasteiger partial charge in [-0.25, -0.2) is 0 Å². The van der Waals surface area contributed by atoms with Gasteiger partial charge in [-0.05, 0) is 0 Å². The van der Waals surface area contributed by atoms with Gasteiger partial charge in [-0.1, -0.05) is 56.2 Å². The van der Waals surface area contributed by atoms with E-state index in [0.29, 0.717) is 11.7 Å². The molecular weight excluding hydrogens is 228 g/mol. The molecule has 5 nitrogen and oxygen atoms in total. The third-order valence-corrected chi connectivity index (χ3v) is 2.34. The van der Waals surface area contributed by atoms with Crippen LogP contribution in [-0.2, 0) is 5.41 Å². The summed E-state index contributed by atoms with van der Waals surface area (Å²) >= 11 is 0. The number of benzene rings is 1. The van der Waals surface area contributed by atoms with Crippen molar-refractivity contribution in [2.24, 2.45) is 10.7 Å². The highest BCUT2D eigenvalue weighted by Gasteiger charge is 2.21. The molecule has 0 bridgehead atoms. The van der Waals surface area contributed by atoms with E-state index in [-0.39, 0.29) is 11.4 Å². The van der Waals surface area contributed by atoms with Gasteiger partial charge in [0.1, 0.15) is 5.84 Å². The van der Waals surface area contributed by atoms with E-state index in [2.05, 4.69) is 15.2 Å². The van der Waals surface area contributed by atoms with Crippen molar-refractivity contribution >= 4 is 11.9 Å². The molecule has 0 aliphatic carbocycles. The Hall–Kier alpha value is -2.17. The molecule has 2 aromatic rings. The second-order valence-corrected chi connectivity index (χ2v) is 5.00. The first-order chi connectivity index (χ1) is 8.47. The highest BCUT2D eigenvalue weighted by atomic mass is 16.4. The molecule has 5 heteroatoms. The van der Waals surface area contributed by atoms with Gasteiger partial charge < -0.3 is 10.2 Å². The molecule has 2 N–H and O–H groups in total. The molecular formula is C13H16N4O. The van der Waals surface area contributed by atoms with Gasteiger partial charge in [0.15, 0.2) is 0 Å². The molecule has 0 unspecified atom stereocenters. The Morgan fingerprint density at radius 2 is 1.83 bits per heavy atom. The van der Waals surface area contributed by atoms with Gasteiger partial charge >= 0.3 is 6.01 Å². The molecule has 0 saturated heterocycles. The molecule has 18 heavy (non-hydrogen) atoms. The summed E-state index contributed by atoms with van der Waals surface area (Å²) in [6.45, 7) is 5.98. The van der Waals surface area contributed by atoms with Crippen LogP contribution in [0.15, 0.2) is 39.7 Å². The fourth-order valence-electron chi connectivity index (χ4n) is 1.34. The number of amidine groups is 1. The Morgan fingerprint density at radius 1 is 1.17 bits per heavy atom. The lowest BCUT2D eigenvalue weighted by molar-refractivity contribution is 0.398. The number of aromatic nitrogens is 2. The van der Waals surface area contributed by atoms with E-state index in [1.54, 1.807) is 0 Å². The Morgan fingerprint density at radius 3 is 2.39 bits per heavy atom. The van der Waals surface area contributed by atoms with Crippen LogP contribution in [0.4, 0.5) is 6.01 Å². The maximum Gasteiger partial charge on any atom is 0.344 e. The fraction of sp³-hybridized carbons (Fsp3) is 0.308. The van der Waals surface area contributed by atoms with Crippen LogP contribution in [0.2, 0.25) is 0 Å². The van der Waals surface area contributed by atoms with Crippen molar-refractivity contribution in [3.8, 4) is 0 Å². The summed E-state index contributed by atoms with van der Waals surface area (Å²) in [6, 6.07) is 9.64. The summed E-state index contributed by atoms with van der Waals surface area (Å²) in [5.41, 5.74) is 6.50. The van der Waals surface area contributed by atoms with Crippen molar-refractivity contribution in [1.82, 2.24) is 10.2 Å². The molecule has 1 heterocycles. The van der Waals surface area contributed by atoms with Crippen LogP contribution in [-0.4, -0.2) is 16.0 Å². The summed E-state index contributed by atoms with van der Waals surface area (Å²) in [7, 11) is 0. The van der Waals surface area contributed by atoms with E-state index in [1.807, 2.05) is 51.1 Å². The number of hydrogen-bond acceptors (Lipinski definition) is 4. The van der Waals surface area contributed by atoms with Gasteiger partial charge in [0, 0.05) is 11.0 Å². The maximum atomic E-state index is 5.87. The number of nitrogens with two attached hydrogens (primary N) is 1. The standard InChI is InChI=1S/C13H16N4O/c1-13(2,3)11-16-17-12(18-11)15-10(14)9-7-5-4-6-8-9/h4-8H,1-3H3,(H2,14,15,17). The lowest BCUT2D eigenvalue weighted by atomic mass is 9.97. The van der Waals surface area contributed by atoms with Crippen LogP contribution < -0.4 is 5.73 Å². The minimum Gasteiger partial charge on any atom is -0.406 e. The summed E-state index contributed by atoms with van der Waals surface area (Å²) in [6.07, 6.45) is 0. The van der Waals surface area contributed by atoms with Crippen molar-refractivity contribution < 1.29 is 4.42 Å². The quantitative estimate of drug-likeness (QED) is 0.650. The van der Waals surface area contributed by atoms with Crippen molar-refractivity contribution in [3.05, 3.63) is 41.8 Å². The SMILES string of the molecule is CC(C)(C)c1nnc(/N=C(\N)c2ccccc2)o1. The number of nitrogens with zero attached hydrogens (tertiary/aromatic N) is 3. The molecule has 1 aromatic heterocycles. The van der Waals surface area contributed by atoms with Gasteiger partial charge in [0.05, 0.1) is 0 Å². The number of aliphatic imine (C=N–C) groups is 1. The smallest absolute Gasteiger partial charge is 0.344 e. The molecule has 0 atom stereocenters. The number of rotatable bonds is 2. The van der Waals surface area contributed by atoms with Gasteiger partial charge in [0.25, 0.3) is 0 Å². The second kappa shape index (κ2) is 4.60. The zero-order chi connectivity index (χ0) is 13.2. The van der Waals surface area contributed by atoms with Gasteiger partial charge in [-0.3, -0.25) is 0 Å². The van der Waals surface area contributed by atoms with Crippen LogP contribution in [0.5, 0.6) is 0 Å². The fourth-order valence-corrected chi connectivity index (χ4v) is 1.34. The highest BCUT2D eigenvalue weighted by molar-refractivity contribution is 5.98. The second-order valence-electron chi connectivity index (χ2n) is 5.00. The minimum absolute atomic E-state index is 0.182. The van der Waals surface area contributed by atoms with Crippen molar-refractivity contribution in [1.29, 1.82) is 0 Å². The van der Waals surface area contributed by atoms with E-state index in [0.717, 1.165) is 5.56 Å². The summed E-state index contributed by atoms with van der Waals surface area (Å²) in [5, 5.41) is 7.82. The van der Waals surface area contributed by atoms with E-state index >= 15 is 0 Å². The molecule has 0 radical (unpaired) electrons. The van der Waals surface area contributed by atoms with E-state index in [4.69, 9.17) is 10.2 Å². The molecule has 0 aliphatic heterocycles. The third-order valence-electron chi connectivity index (χ3n) is 2.34. The van der Waals surface area contributed by atoms with Crippen LogP contribution >= 0.6 is 0 Å². The lowest BCUT2D eigenvalue weighted by Crippen LogP contribution is -2.12. The average molecular weight is 244 g/mol. The first-order valence-electron chi connectivity index (χ1n) is 5.70.